The molecule has 1 aromatic heterocycles. The summed E-state index contributed by atoms with van der Waals surface area (Å²) in [4.78, 5) is 30.8. The van der Waals surface area contributed by atoms with E-state index < -0.39 is 0 Å². The quantitative estimate of drug-likeness (QED) is 0.801. The SMILES string of the molecule is COC(=O)C[C@@H]1CSCCN1C(=O)c1ccc2nc(C)ccc2c1. The van der Waals surface area contributed by atoms with Crippen LogP contribution in [0.4, 0.5) is 0 Å². The minimum Gasteiger partial charge on any atom is -0.469 e. The molecule has 0 spiro atoms. The first-order valence-electron chi connectivity index (χ1n) is 7.91. The number of carbonyl (C=O) groups excluding carboxylic acids is 2. The average Bonchev–Trinajstić information content (AvgIpc) is 2.61. The number of aromatic nitrogens is 1. The molecule has 0 N–H and O–H groups in total. The highest BCUT2D eigenvalue weighted by atomic mass is 32.2. The molecular weight excluding hydrogens is 324 g/mol. The van der Waals surface area contributed by atoms with E-state index in [1.165, 1.54) is 7.11 Å². The van der Waals surface area contributed by atoms with Crippen molar-refractivity contribution in [1.29, 1.82) is 0 Å². The second kappa shape index (κ2) is 7.21. The molecule has 0 aliphatic carbocycles. The summed E-state index contributed by atoms with van der Waals surface area (Å²) in [7, 11) is 1.38. The molecule has 1 amide bonds. The predicted octanol–water partition coefficient (Wildman–Crippen LogP) is 2.66. The van der Waals surface area contributed by atoms with Crippen molar-refractivity contribution in [2.45, 2.75) is 19.4 Å². The number of methoxy groups -OCH3 is 1. The smallest absolute Gasteiger partial charge is 0.307 e. The number of ether oxygens (including phenoxy) is 1. The van der Waals surface area contributed by atoms with E-state index in [1.807, 2.05) is 37.3 Å². The van der Waals surface area contributed by atoms with Crippen LogP contribution in [-0.4, -0.2) is 53.0 Å². The molecule has 0 unspecified atom stereocenters. The third kappa shape index (κ3) is 3.53. The van der Waals surface area contributed by atoms with Gasteiger partial charge in [-0.3, -0.25) is 14.6 Å². The molecule has 1 atom stereocenters. The Morgan fingerprint density at radius 2 is 2.17 bits per heavy atom. The summed E-state index contributed by atoms with van der Waals surface area (Å²) in [5.74, 6) is 1.33. The standard InChI is InChI=1S/C18H20N2O3S/c1-12-3-4-13-9-14(5-6-16(13)19-12)18(22)20-7-8-24-11-15(20)10-17(21)23-2/h3-6,9,15H,7-8,10-11H2,1-2H3/t15-/m1/s1. The lowest BCUT2D eigenvalue weighted by Crippen LogP contribution is -2.47. The van der Waals surface area contributed by atoms with Crippen LogP contribution < -0.4 is 0 Å². The monoisotopic (exact) mass is 344 g/mol. The summed E-state index contributed by atoms with van der Waals surface area (Å²) in [5.41, 5.74) is 2.47. The van der Waals surface area contributed by atoms with Crippen molar-refractivity contribution < 1.29 is 14.3 Å². The van der Waals surface area contributed by atoms with Crippen molar-refractivity contribution in [3.05, 3.63) is 41.6 Å². The Hall–Kier alpha value is -2.08. The third-order valence-corrected chi connectivity index (χ3v) is 5.29. The second-order valence-electron chi connectivity index (χ2n) is 5.87. The third-order valence-electron chi connectivity index (χ3n) is 4.19. The Morgan fingerprint density at radius 1 is 1.33 bits per heavy atom. The van der Waals surface area contributed by atoms with Crippen LogP contribution >= 0.6 is 11.8 Å². The number of rotatable bonds is 3. The van der Waals surface area contributed by atoms with Crippen LogP contribution in [0.1, 0.15) is 22.5 Å². The molecule has 3 rings (SSSR count). The zero-order chi connectivity index (χ0) is 17.1. The van der Waals surface area contributed by atoms with Crippen LogP contribution in [0.25, 0.3) is 10.9 Å². The zero-order valence-corrected chi connectivity index (χ0v) is 14.6. The molecule has 2 heterocycles. The number of nitrogens with zero attached hydrogens (tertiary/aromatic N) is 2. The van der Waals surface area contributed by atoms with Crippen LogP contribution in [0.2, 0.25) is 0 Å². The van der Waals surface area contributed by atoms with E-state index >= 15 is 0 Å². The number of pyridine rings is 1. The van der Waals surface area contributed by atoms with Gasteiger partial charge >= 0.3 is 5.97 Å². The molecule has 0 radical (unpaired) electrons. The second-order valence-corrected chi connectivity index (χ2v) is 7.02. The van der Waals surface area contributed by atoms with Crippen LogP contribution in [-0.2, 0) is 9.53 Å². The Labute approximate surface area is 145 Å². The molecule has 126 valence electrons. The number of amides is 1. The minimum atomic E-state index is -0.279. The molecule has 1 aliphatic rings. The first-order valence-corrected chi connectivity index (χ1v) is 9.07. The van der Waals surface area contributed by atoms with Gasteiger partial charge in [-0.25, -0.2) is 0 Å². The van der Waals surface area contributed by atoms with Gasteiger partial charge in [0, 0.05) is 34.7 Å². The van der Waals surface area contributed by atoms with E-state index in [-0.39, 0.29) is 24.3 Å². The largest absolute Gasteiger partial charge is 0.469 e. The molecule has 2 aromatic rings. The molecule has 24 heavy (non-hydrogen) atoms. The van der Waals surface area contributed by atoms with Crippen molar-refractivity contribution in [1.82, 2.24) is 9.88 Å². The first-order chi connectivity index (χ1) is 11.6. The van der Waals surface area contributed by atoms with E-state index in [1.54, 1.807) is 16.7 Å². The maximum absolute atomic E-state index is 12.9. The summed E-state index contributed by atoms with van der Waals surface area (Å²) in [6.07, 6.45) is 0.240. The van der Waals surface area contributed by atoms with E-state index in [9.17, 15) is 9.59 Å². The van der Waals surface area contributed by atoms with Crippen molar-refractivity contribution in [3.63, 3.8) is 0 Å². The summed E-state index contributed by atoms with van der Waals surface area (Å²) in [6, 6.07) is 9.37. The van der Waals surface area contributed by atoms with Crippen molar-refractivity contribution in [2.75, 3.05) is 25.2 Å². The average molecular weight is 344 g/mol. The molecule has 5 nitrogen and oxygen atoms in total. The highest BCUT2D eigenvalue weighted by Crippen LogP contribution is 2.23. The van der Waals surface area contributed by atoms with Crippen LogP contribution in [0.15, 0.2) is 30.3 Å². The summed E-state index contributed by atoms with van der Waals surface area (Å²) in [5, 5.41) is 0.947. The molecule has 1 saturated heterocycles. The molecule has 0 bridgehead atoms. The number of aryl methyl sites for hydroxylation is 1. The van der Waals surface area contributed by atoms with Crippen LogP contribution in [0.5, 0.6) is 0 Å². The summed E-state index contributed by atoms with van der Waals surface area (Å²) >= 11 is 1.76. The maximum Gasteiger partial charge on any atom is 0.307 e. The van der Waals surface area contributed by atoms with E-state index in [4.69, 9.17) is 4.74 Å². The number of benzene rings is 1. The Bertz CT molecular complexity index is 778. The van der Waals surface area contributed by atoms with E-state index in [0.29, 0.717) is 12.1 Å². The van der Waals surface area contributed by atoms with Crippen molar-refractivity contribution >= 4 is 34.5 Å². The van der Waals surface area contributed by atoms with Gasteiger partial charge in [0.25, 0.3) is 5.91 Å². The highest BCUT2D eigenvalue weighted by Gasteiger charge is 2.29. The van der Waals surface area contributed by atoms with Gasteiger partial charge in [-0.2, -0.15) is 11.8 Å². The number of carbonyl (C=O) groups is 2. The number of esters is 1. The normalized spacial score (nSPS) is 17.8. The van der Waals surface area contributed by atoms with Crippen molar-refractivity contribution in [2.24, 2.45) is 0 Å². The Balaban J connectivity index is 1.85. The highest BCUT2D eigenvalue weighted by molar-refractivity contribution is 7.99. The van der Waals surface area contributed by atoms with Gasteiger partial charge in [0.2, 0.25) is 0 Å². The fraction of sp³-hybridized carbons (Fsp3) is 0.389. The van der Waals surface area contributed by atoms with Gasteiger partial charge in [0.05, 0.1) is 25.1 Å². The maximum atomic E-state index is 12.9. The molecule has 1 aliphatic heterocycles. The Morgan fingerprint density at radius 3 is 2.96 bits per heavy atom. The molecule has 1 fully saturated rings. The van der Waals surface area contributed by atoms with Gasteiger partial charge in [-0.15, -0.1) is 0 Å². The molecular formula is C18H20N2O3S. The summed E-state index contributed by atoms with van der Waals surface area (Å²) < 4.78 is 4.76. The fourth-order valence-corrected chi connectivity index (χ4v) is 3.96. The number of fused-ring (bicyclic) bond motifs is 1. The number of thioether (sulfide) groups is 1. The van der Waals surface area contributed by atoms with Gasteiger partial charge in [-0.1, -0.05) is 6.07 Å². The topological polar surface area (TPSA) is 59.5 Å². The lowest BCUT2D eigenvalue weighted by molar-refractivity contribution is -0.141. The van der Waals surface area contributed by atoms with Gasteiger partial charge in [0.15, 0.2) is 0 Å². The summed E-state index contributed by atoms with van der Waals surface area (Å²) in [6.45, 7) is 2.59. The minimum absolute atomic E-state index is 0.0355. The molecule has 0 saturated carbocycles. The molecule has 1 aromatic carbocycles. The van der Waals surface area contributed by atoms with Gasteiger partial charge in [-0.05, 0) is 31.2 Å². The lowest BCUT2D eigenvalue weighted by Gasteiger charge is -2.35. The van der Waals surface area contributed by atoms with E-state index in [2.05, 4.69) is 4.98 Å². The van der Waals surface area contributed by atoms with Crippen molar-refractivity contribution in [3.8, 4) is 0 Å². The number of hydrogen-bond donors (Lipinski definition) is 0. The van der Waals surface area contributed by atoms with E-state index in [0.717, 1.165) is 28.1 Å². The first kappa shape index (κ1) is 16.8. The number of hydrogen-bond acceptors (Lipinski definition) is 5. The zero-order valence-electron chi connectivity index (χ0n) is 13.8. The van der Waals surface area contributed by atoms with Gasteiger partial charge < -0.3 is 9.64 Å². The molecule has 6 heteroatoms. The van der Waals surface area contributed by atoms with Crippen LogP contribution in [0.3, 0.4) is 0 Å². The lowest BCUT2D eigenvalue weighted by atomic mass is 10.1. The van der Waals surface area contributed by atoms with Crippen LogP contribution in [0, 0.1) is 6.92 Å². The predicted molar refractivity (Wildman–Crippen MR) is 95.3 cm³/mol. The van der Waals surface area contributed by atoms with Gasteiger partial charge in [0.1, 0.15) is 0 Å². The fourth-order valence-electron chi connectivity index (χ4n) is 2.89. The Kier molecular flexibility index (Phi) is 5.04.